The van der Waals surface area contributed by atoms with Gasteiger partial charge in [0.05, 0.1) is 23.0 Å². The molecule has 0 bridgehead atoms. The molecule has 3 aromatic rings. The fourth-order valence-corrected chi connectivity index (χ4v) is 3.25. The lowest BCUT2D eigenvalue weighted by Crippen LogP contribution is -2.27. The van der Waals surface area contributed by atoms with E-state index in [-0.39, 0.29) is 29.5 Å². The summed E-state index contributed by atoms with van der Waals surface area (Å²) in [5.74, 6) is -0.426. The van der Waals surface area contributed by atoms with Crippen molar-refractivity contribution in [2.45, 2.75) is 31.5 Å². The highest BCUT2D eigenvalue weighted by molar-refractivity contribution is 5.95. The van der Waals surface area contributed by atoms with E-state index in [1.165, 1.54) is 29.1 Å². The molecule has 1 amide bonds. The molecular weight excluding hydrogens is 388 g/mol. The van der Waals surface area contributed by atoms with Crippen LogP contribution in [0.3, 0.4) is 0 Å². The van der Waals surface area contributed by atoms with Gasteiger partial charge in [-0.05, 0) is 43.2 Å². The minimum atomic E-state index is -4.47. The van der Waals surface area contributed by atoms with Gasteiger partial charge >= 0.3 is 6.18 Å². The van der Waals surface area contributed by atoms with E-state index in [2.05, 4.69) is 15.4 Å². The molecule has 2 unspecified atom stereocenters. The molecule has 1 aliphatic rings. The van der Waals surface area contributed by atoms with Crippen molar-refractivity contribution in [2.24, 2.45) is 0 Å². The van der Waals surface area contributed by atoms with Gasteiger partial charge in [-0.3, -0.25) is 4.79 Å². The average molecular weight is 404 g/mol. The molecular formula is C20H16F4N4O. The summed E-state index contributed by atoms with van der Waals surface area (Å²) in [6, 6.07) is 8.29. The van der Waals surface area contributed by atoms with Crippen molar-refractivity contribution in [1.29, 1.82) is 0 Å². The Morgan fingerprint density at radius 2 is 2.00 bits per heavy atom. The minimum Gasteiger partial charge on any atom is -0.349 e. The Kier molecular flexibility index (Phi) is 4.60. The Hall–Kier alpha value is -3.23. The van der Waals surface area contributed by atoms with Crippen molar-refractivity contribution in [2.75, 3.05) is 0 Å². The van der Waals surface area contributed by atoms with E-state index in [1.807, 2.05) is 6.07 Å². The number of halogens is 4. The SMILES string of the molecule is Cc1c(C(=O)NC2CC2c2cccc(F)c2)cnn1-c1ccc(C(F)(F)F)cn1. The van der Waals surface area contributed by atoms with Crippen LogP contribution in [0.25, 0.3) is 5.82 Å². The summed E-state index contributed by atoms with van der Waals surface area (Å²) in [6.45, 7) is 1.64. The van der Waals surface area contributed by atoms with Crippen molar-refractivity contribution in [3.8, 4) is 5.82 Å². The van der Waals surface area contributed by atoms with Crippen LogP contribution in [0, 0.1) is 12.7 Å². The topological polar surface area (TPSA) is 59.8 Å². The predicted octanol–water partition coefficient (Wildman–Crippen LogP) is 4.02. The number of nitrogens with one attached hydrogen (secondary N) is 1. The molecule has 1 N–H and O–H groups in total. The molecule has 5 nitrogen and oxygen atoms in total. The number of rotatable bonds is 4. The monoisotopic (exact) mass is 404 g/mol. The van der Waals surface area contributed by atoms with Crippen molar-refractivity contribution in [3.63, 3.8) is 0 Å². The van der Waals surface area contributed by atoms with Crippen LogP contribution in [-0.2, 0) is 6.18 Å². The standard InChI is InChI=1S/C20H16F4N4O/c1-11-16(10-26-28(11)18-6-5-13(9-25-18)20(22,23)24)19(29)27-17-8-15(17)12-3-2-4-14(21)7-12/h2-7,9-10,15,17H,8H2,1H3,(H,27,29). The van der Waals surface area contributed by atoms with Crippen molar-refractivity contribution in [3.05, 3.63) is 77.0 Å². The zero-order valence-corrected chi connectivity index (χ0v) is 15.2. The van der Waals surface area contributed by atoms with Crippen LogP contribution < -0.4 is 5.32 Å². The Balaban J connectivity index is 1.47. The lowest BCUT2D eigenvalue weighted by Gasteiger charge is -2.08. The first-order valence-corrected chi connectivity index (χ1v) is 8.88. The predicted molar refractivity (Wildman–Crippen MR) is 96.1 cm³/mol. The number of hydrogen-bond acceptors (Lipinski definition) is 3. The summed E-state index contributed by atoms with van der Waals surface area (Å²) in [5, 5.41) is 6.97. The van der Waals surface area contributed by atoms with E-state index in [0.29, 0.717) is 17.7 Å². The summed E-state index contributed by atoms with van der Waals surface area (Å²) in [6.07, 6.45) is -1.69. The molecule has 2 heterocycles. The highest BCUT2D eigenvalue weighted by atomic mass is 19.4. The molecule has 0 saturated heterocycles. The minimum absolute atomic E-state index is 0.0570. The third kappa shape index (κ3) is 3.85. The van der Waals surface area contributed by atoms with Gasteiger partial charge in [-0.15, -0.1) is 0 Å². The Labute approximate surface area is 163 Å². The van der Waals surface area contributed by atoms with Crippen LogP contribution in [0.15, 0.2) is 48.8 Å². The van der Waals surface area contributed by atoms with Crippen molar-refractivity contribution < 1.29 is 22.4 Å². The van der Waals surface area contributed by atoms with E-state index in [9.17, 15) is 22.4 Å². The number of carbonyl (C=O) groups excluding carboxylic acids is 1. The number of pyridine rings is 1. The molecule has 2 atom stereocenters. The summed E-state index contributed by atoms with van der Waals surface area (Å²) in [5.41, 5.74) is 0.729. The summed E-state index contributed by atoms with van der Waals surface area (Å²) in [4.78, 5) is 16.4. The van der Waals surface area contributed by atoms with Gasteiger partial charge in [-0.2, -0.15) is 18.3 Å². The van der Waals surface area contributed by atoms with Crippen molar-refractivity contribution >= 4 is 5.91 Å². The molecule has 0 spiro atoms. The maximum absolute atomic E-state index is 13.4. The molecule has 1 saturated carbocycles. The number of carbonyl (C=O) groups is 1. The molecule has 2 aromatic heterocycles. The van der Waals surface area contributed by atoms with E-state index < -0.39 is 11.7 Å². The number of hydrogen-bond donors (Lipinski definition) is 1. The highest BCUT2D eigenvalue weighted by Gasteiger charge is 2.40. The molecule has 150 valence electrons. The van der Waals surface area contributed by atoms with E-state index >= 15 is 0 Å². The number of benzene rings is 1. The van der Waals surface area contributed by atoms with Gasteiger partial charge < -0.3 is 5.32 Å². The van der Waals surface area contributed by atoms with Crippen molar-refractivity contribution in [1.82, 2.24) is 20.1 Å². The van der Waals surface area contributed by atoms with Crippen LogP contribution >= 0.6 is 0 Å². The normalized spacial score (nSPS) is 18.5. The zero-order valence-electron chi connectivity index (χ0n) is 15.2. The quantitative estimate of drug-likeness (QED) is 0.669. The third-order valence-corrected chi connectivity index (χ3v) is 4.93. The van der Waals surface area contributed by atoms with Crippen LogP contribution in [0.1, 0.15) is 39.5 Å². The summed E-state index contributed by atoms with van der Waals surface area (Å²) >= 11 is 0. The smallest absolute Gasteiger partial charge is 0.349 e. The van der Waals surface area contributed by atoms with E-state index in [0.717, 1.165) is 17.8 Å². The number of nitrogens with zero attached hydrogens (tertiary/aromatic N) is 3. The van der Waals surface area contributed by atoms with E-state index in [4.69, 9.17) is 0 Å². The van der Waals surface area contributed by atoms with Gasteiger partial charge in [0, 0.05) is 18.2 Å². The fourth-order valence-electron chi connectivity index (χ4n) is 3.25. The van der Waals surface area contributed by atoms with Gasteiger partial charge in [0.1, 0.15) is 5.82 Å². The maximum atomic E-state index is 13.4. The number of alkyl halides is 3. The first-order chi connectivity index (χ1) is 13.7. The second kappa shape index (κ2) is 6.98. The summed E-state index contributed by atoms with van der Waals surface area (Å²) < 4.78 is 52.7. The molecule has 4 rings (SSSR count). The lowest BCUT2D eigenvalue weighted by molar-refractivity contribution is -0.137. The zero-order chi connectivity index (χ0) is 20.8. The Morgan fingerprint density at radius 1 is 1.21 bits per heavy atom. The van der Waals surface area contributed by atoms with Crippen LogP contribution in [-0.4, -0.2) is 26.7 Å². The average Bonchev–Trinajstić information content (AvgIpc) is 3.32. The molecule has 1 aromatic carbocycles. The molecule has 0 radical (unpaired) electrons. The lowest BCUT2D eigenvalue weighted by atomic mass is 10.1. The summed E-state index contributed by atoms with van der Waals surface area (Å²) in [7, 11) is 0. The van der Waals surface area contributed by atoms with Gasteiger partial charge in [0.2, 0.25) is 0 Å². The molecule has 1 aliphatic carbocycles. The maximum Gasteiger partial charge on any atom is 0.417 e. The second-order valence-corrected chi connectivity index (χ2v) is 6.94. The fraction of sp³-hybridized carbons (Fsp3) is 0.250. The van der Waals surface area contributed by atoms with Gasteiger partial charge in [-0.25, -0.2) is 14.1 Å². The van der Waals surface area contributed by atoms with Crippen LogP contribution in [0.5, 0.6) is 0 Å². The van der Waals surface area contributed by atoms with Crippen LogP contribution in [0.4, 0.5) is 17.6 Å². The largest absolute Gasteiger partial charge is 0.417 e. The van der Waals surface area contributed by atoms with Gasteiger partial charge in [0.15, 0.2) is 5.82 Å². The van der Waals surface area contributed by atoms with Crippen LogP contribution in [0.2, 0.25) is 0 Å². The molecule has 0 aliphatic heterocycles. The first-order valence-electron chi connectivity index (χ1n) is 8.88. The second-order valence-electron chi connectivity index (χ2n) is 6.94. The van der Waals surface area contributed by atoms with E-state index in [1.54, 1.807) is 13.0 Å². The Bertz CT molecular complexity index is 1060. The number of amides is 1. The highest BCUT2D eigenvalue weighted by Crippen LogP contribution is 2.41. The first kappa shape index (κ1) is 19.1. The molecule has 9 heteroatoms. The van der Waals surface area contributed by atoms with Gasteiger partial charge in [0.25, 0.3) is 5.91 Å². The third-order valence-electron chi connectivity index (χ3n) is 4.93. The van der Waals surface area contributed by atoms with Gasteiger partial charge in [-0.1, -0.05) is 12.1 Å². The number of aromatic nitrogens is 3. The molecule has 29 heavy (non-hydrogen) atoms. The Morgan fingerprint density at radius 3 is 2.66 bits per heavy atom. The molecule has 1 fully saturated rings.